The minimum absolute atomic E-state index is 0.0599. The minimum Gasteiger partial charge on any atom is -0.299 e. The van der Waals surface area contributed by atoms with Crippen LogP contribution in [0.5, 0.6) is 0 Å². The van der Waals surface area contributed by atoms with E-state index in [0.29, 0.717) is 5.92 Å². The molecule has 3 nitrogen and oxygen atoms in total. The Morgan fingerprint density at radius 2 is 2.00 bits per heavy atom. The van der Waals surface area contributed by atoms with Crippen molar-refractivity contribution in [2.45, 2.75) is 25.8 Å². The Morgan fingerprint density at radius 1 is 1.24 bits per heavy atom. The highest BCUT2D eigenvalue weighted by Gasteiger charge is 2.20. The fourth-order valence-electron chi connectivity index (χ4n) is 3.14. The number of benzene rings is 1. The largest absolute Gasteiger partial charge is 0.299 e. The van der Waals surface area contributed by atoms with Crippen LogP contribution in [0.2, 0.25) is 0 Å². The first-order valence-corrected chi connectivity index (χ1v) is 7.64. The lowest BCUT2D eigenvalue weighted by Gasteiger charge is -2.31. The van der Waals surface area contributed by atoms with Gasteiger partial charge in [0.15, 0.2) is 0 Å². The highest BCUT2D eigenvalue weighted by Crippen LogP contribution is 2.23. The van der Waals surface area contributed by atoms with Gasteiger partial charge in [-0.05, 0) is 49.9 Å². The van der Waals surface area contributed by atoms with Gasteiger partial charge < -0.3 is 0 Å². The van der Waals surface area contributed by atoms with Crippen molar-refractivity contribution in [2.24, 2.45) is 13.0 Å². The number of halogens is 1. The van der Waals surface area contributed by atoms with E-state index >= 15 is 0 Å². The number of rotatable bonds is 4. The van der Waals surface area contributed by atoms with Gasteiger partial charge in [-0.2, -0.15) is 5.10 Å². The Bertz CT molecular complexity index is 585. The van der Waals surface area contributed by atoms with Crippen molar-refractivity contribution < 1.29 is 4.39 Å². The number of aromatic nitrogens is 2. The summed E-state index contributed by atoms with van der Waals surface area (Å²) in [6, 6.07) is 7.16. The Kier molecular flexibility index (Phi) is 4.34. The molecule has 2 aromatic rings. The number of piperidine rings is 1. The second-order valence-electron chi connectivity index (χ2n) is 6.04. The van der Waals surface area contributed by atoms with Gasteiger partial charge in [0.05, 0.1) is 6.20 Å². The number of hydrogen-bond donors (Lipinski definition) is 0. The van der Waals surface area contributed by atoms with E-state index in [2.05, 4.69) is 16.2 Å². The van der Waals surface area contributed by atoms with Crippen LogP contribution in [-0.4, -0.2) is 27.8 Å². The quantitative estimate of drug-likeness (QED) is 0.862. The zero-order valence-corrected chi connectivity index (χ0v) is 12.5. The minimum atomic E-state index is -0.0599. The van der Waals surface area contributed by atoms with E-state index in [0.717, 1.165) is 44.5 Å². The summed E-state index contributed by atoms with van der Waals surface area (Å²) >= 11 is 0. The summed E-state index contributed by atoms with van der Waals surface area (Å²) in [6.45, 7) is 3.16. The van der Waals surface area contributed by atoms with E-state index in [1.807, 2.05) is 30.1 Å². The van der Waals surface area contributed by atoms with Gasteiger partial charge in [0, 0.05) is 25.4 Å². The molecule has 4 heteroatoms. The molecular weight excluding hydrogens is 265 g/mol. The molecule has 0 bridgehead atoms. The van der Waals surface area contributed by atoms with Gasteiger partial charge in [0.25, 0.3) is 0 Å². The number of aryl methyl sites for hydroxylation is 1. The smallest absolute Gasteiger partial charge is 0.126 e. The molecule has 1 aliphatic heterocycles. The molecule has 1 saturated heterocycles. The van der Waals surface area contributed by atoms with Gasteiger partial charge in [-0.3, -0.25) is 9.58 Å². The van der Waals surface area contributed by atoms with Gasteiger partial charge in [-0.1, -0.05) is 18.2 Å². The van der Waals surface area contributed by atoms with E-state index < -0.39 is 0 Å². The zero-order chi connectivity index (χ0) is 14.7. The average molecular weight is 287 g/mol. The molecule has 1 aliphatic rings. The SMILES string of the molecule is Cn1cc(CN2CCC(Cc3ccccc3F)CC2)cn1. The first-order chi connectivity index (χ1) is 10.2. The second kappa shape index (κ2) is 6.39. The lowest BCUT2D eigenvalue weighted by Crippen LogP contribution is -2.33. The number of hydrogen-bond acceptors (Lipinski definition) is 2. The molecule has 112 valence electrons. The molecule has 0 radical (unpaired) electrons. The maximum Gasteiger partial charge on any atom is 0.126 e. The van der Waals surface area contributed by atoms with E-state index in [1.165, 1.54) is 5.56 Å². The van der Waals surface area contributed by atoms with Crippen LogP contribution in [0.25, 0.3) is 0 Å². The number of likely N-dealkylation sites (tertiary alicyclic amines) is 1. The third kappa shape index (κ3) is 3.70. The summed E-state index contributed by atoms with van der Waals surface area (Å²) in [7, 11) is 1.95. The summed E-state index contributed by atoms with van der Waals surface area (Å²) in [5, 5.41) is 4.21. The second-order valence-corrected chi connectivity index (χ2v) is 6.04. The van der Waals surface area contributed by atoms with E-state index in [1.54, 1.807) is 12.1 Å². The number of nitrogens with zero attached hydrogens (tertiary/aromatic N) is 3. The third-order valence-corrected chi connectivity index (χ3v) is 4.34. The summed E-state index contributed by atoms with van der Waals surface area (Å²) in [5.41, 5.74) is 2.13. The van der Waals surface area contributed by atoms with Crippen molar-refractivity contribution >= 4 is 0 Å². The zero-order valence-electron chi connectivity index (χ0n) is 12.5. The summed E-state index contributed by atoms with van der Waals surface area (Å²) in [5.74, 6) is 0.544. The maximum atomic E-state index is 13.7. The van der Waals surface area contributed by atoms with Gasteiger partial charge in [-0.15, -0.1) is 0 Å². The van der Waals surface area contributed by atoms with Crippen LogP contribution < -0.4 is 0 Å². The Labute approximate surface area is 125 Å². The van der Waals surface area contributed by atoms with Crippen molar-refractivity contribution in [3.63, 3.8) is 0 Å². The highest BCUT2D eigenvalue weighted by atomic mass is 19.1. The molecule has 0 amide bonds. The molecule has 0 saturated carbocycles. The van der Waals surface area contributed by atoms with Crippen LogP contribution in [0.1, 0.15) is 24.0 Å². The predicted octanol–water partition coefficient (Wildman–Crippen LogP) is 3.01. The van der Waals surface area contributed by atoms with Crippen LogP contribution in [0.3, 0.4) is 0 Å². The standard InChI is InChI=1S/C17H22FN3/c1-20-12-15(11-19-20)13-21-8-6-14(7-9-21)10-16-4-2-3-5-17(16)18/h2-5,11-12,14H,6-10,13H2,1H3. The van der Waals surface area contributed by atoms with Crippen molar-refractivity contribution in [3.8, 4) is 0 Å². The summed E-state index contributed by atoms with van der Waals surface area (Å²) < 4.78 is 15.5. The molecule has 21 heavy (non-hydrogen) atoms. The van der Waals surface area contributed by atoms with Crippen LogP contribution in [-0.2, 0) is 20.0 Å². The topological polar surface area (TPSA) is 21.1 Å². The molecule has 0 N–H and O–H groups in total. The van der Waals surface area contributed by atoms with Crippen molar-refractivity contribution in [1.82, 2.24) is 14.7 Å². The van der Waals surface area contributed by atoms with E-state index in [-0.39, 0.29) is 5.82 Å². The van der Waals surface area contributed by atoms with Crippen molar-refractivity contribution in [1.29, 1.82) is 0 Å². The molecule has 1 aromatic heterocycles. The van der Waals surface area contributed by atoms with Gasteiger partial charge in [0.2, 0.25) is 0 Å². The van der Waals surface area contributed by atoms with E-state index in [9.17, 15) is 4.39 Å². The van der Waals surface area contributed by atoms with Crippen LogP contribution in [0.15, 0.2) is 36.7 Å². The molecule has 0 atom stereocenters. The molecule has 0 unspecified atom stereocenters. The first-order valence-electron chi connectivity index (χ1n) is 7.64. The van der Waals surface area contributed by atoms with Crippen LogP contribution in [0, 0.1) is 11.7 Å². The Hall–Kier alpha value is -1.68. The van der Waals surface area contributed by atoms with Gasteiger partial charge in [-0.25, -0.2) is 4.39 Å². The van der Waals surface area contributed by atoms with Crippen LogP contribution in [0.4, 0.5) is 4.39 Å². The highest BCUT2D eigenvalue weighted by molar-refractivity contribution is 5.18. The maximum absolute atomic E-state index is 13.7. The molecule has 1 aromatic carbocycles. The Morgan fingerprint density at radius 3 is 2.67 bits per heavy atom. The third-order valence-electron chi connectivity index (χ3n) is 4.34. The summed E-state index contributed by atoms with van der Waals surface area (Å²) in [4.78, 5) is 2.47. The lowest BCUT2D eigenvalue weighted by atomic mass is 9.90. The average Bonchev–Trinajstić information content (AvgIpc) is 2.89. The van der Waals surface area contributed by atoms with E-state index in [4.69, 9.17) is 0 Å². The van der Waals surface area contributed by atoms with Gasteiger partial charge >= 0.3 is 0 Å². The Balaban J connectivity index is 1.50. The molecule has 1 fully saturated rings. The monoisotopic (exact) mass is 287 g/mol. The van der Waals surface area contributed by atoms with Crippen molar-refractivity contribution in [2.75, 3.05) is 13.1 Å². The normalized spacial score (nSPS) is 17.2. The molecule has 0 spiro atoms. The fraction of sp³-hybridized carbons (Fsp3) is 0.471. The predicted molar refractivity (Wildman–Crippen MR) is 81.3 cm³/mol. The lowest BCUT2D eigenvalue weighted by molar-refractivity contribution is 0.176. The molecule has 0 aliphatic carbocycles. The van der Waals surface area contributed by atoms with Crippen molar-refractivity contribution in [3.05, 3.63) is 53.6 Å². The molecule has 2 heterocycles. The van der Waals surface area contributed by atoms with Crippen LogP contribution >= 0.6 is 0 Å². The van der Waals surface area contributed by atoms with Gasteiger partial charge in [0.1, 0.15) is 5.82 Å². The fourth-order valence-corrected chi connectivity index (χ4v) is 3.14. The molecular formula is C17H22FN3. The summed E-state index contributed by atoms with van der Waals surface area (Å²) in [6.07, 6.45) is 7.17. The molecule has 3 rings (SSSR count). The first kappa shape index (κ1) is 14.3.